The molecule has 1 saturated heterocycles. The Morgan fingerprint density at radius 1 is 0.534 bits per heavy atom. The molecule has 0 aromatic rings. The molecule has 1 fully saturated rings. The molecular formula is C47H82O11. The quantitative estimate of drug-likeness (QED) is 0.0266. The van der Waals surface area contributed by atoms with Crippen LogP contribution in [-0.2, 0) is 33.3 Å². The van der Waals surface area contributed by atoms with Gasteiger partial charge in [0.25, 0.3) is 0 Å². The van der Waals surface area contributed by atoms with Crippen LogP contribution in [-0.4, -0.2) is 88.4 Å². The summed E-state index contributed by atoms with van der Waals surface area (Å²) in [5, 5.41) is 39.8. The standard InChI is InChI=1S/C47H82O11/c1-3-5-7-9-11-13-15-17-19-20-21-22-24-25-27-29-31-33-35-40(48)55-37-39(38-56-47-44(52)42(50)43(51)45(58-47)46(53)54)57-41(49)36-34-32-30-28-26-23-18-16-14-12-10-8-6-4-2/h13,15-16,18-20,39,42-45,47,50-52H,3-12,14,17,21-38H2,1-2H3,(H,53,54)/b15-13-,18-16-,20-19-. The number of carbonyl (C=O) groups is 3. The van der Waals surface area contributed by atoms with Crippen LogP contribution in [0.5, 0.6) is 0 Å². The highest BCUT2D eigenvalue weighted by atomic mass is 16.7. The van der Waals surface area contributed by atoms with Crippen molar-refractivity contribution < 1.29 is 53.8 Å². The number of unbranched alkanes of at least 4 members (excludes halogenated alkanes) is 21. The summed E-state index contributed by atoms with van der Waals surface area (Å²) in [5.41, 5.74) is 0. The molecule has 1 heterocycles. The zero-order valence-electron chi connectivity index (χ0n) is 36.3. The Kier molecular flexibility index (Phi) is 34.5. The zero-order valence-corrected chi connectivity index (χ0v) is 36.3. The summed E-state index contributed by atoms with van der Waals surface area (Å²) >= 11 is 0. The van der Waals surface area contributed by atoms with E-state index in [9.17, 15) is 34.8 Å². The molecule has 0 saturated carbocycles. The SMILES string of the molecule is CCCCCC/C=C\C/C=C\CCCCCCCCCC(=O)OCC(COC1OC(C(=O)O)C(O)C(O)C1O)OC(=O)CCCCCCC/C=C\CCCCCCC. The maximum Gasteiger partial charge on any atom is 0.335 e. The topological polar surface area (TPSA) is 169 Å². The second kappa shape index (κ2) is 37.4. The number of allylic oxidation sites excluding steroid dienone is 6. The molecular weight excluding hydrogens is 741 g/mol. The number of hydrogen-bond donors (Lipinski definition) is 4. The lowest BCUT2D eigenvalue weighted by molar-refractivity contribution is -0.298. The lowest BCUT2D eigenvalue weighted by atomic mass is 9.99. The van der Waals surface area contributed by atoms with E-state index in [0.717, 1.165) is 70.6 Å². The molecule has 6 unspecified atom stereocenters. The largest absolute Gasteiger partial charge is 0.479 e. The van der Waals surface area contributed by atoms with E-state index in [1.165, 1.54) is 83.5 Å². The lowest BCUT2D eigenvalue weighted by Gasteiger charge is -2.38. The van der Waals surface area contributed by atoms with Gasteiger partial charge in [-0.05, 0) is 70.6 Å². The third-order valence-electron chi connectivity index (χ3n) is 10.5. The molecule has 0 aromatic heterocycles. The summed E-state index contributed by atoms with van der Waals surface area (Å²) in [6.07, 6.45) is 33.3. The van der Waals surface area contributed by atoms with E-state index in [1.807, 2.05) is 0 Å². The first-order valence-corrected chi connectivity index (χ1v) is 23.0. The van der Waals surface area contributed by atoms with Gasteiger partial charge in [0.15, 0.2) is 18.5 Å². The highest BCUT2D eigenvalue weighted by Crippen LogP contribution is 2.23. The van der Waals surface area contributed by atoms with Crippen LogP contribution in [0.15, 0.2) is 36.5 Å². The van der Waals surface area contributed by atoms with Crippen molar-refractivity contribution in [3.8, 4) is 0 Å². The summed E-state index contributed by atoms with van der Waals surface area (Å²) < 4.78 is 21.7. The highest BCUT2D eigenvalue weighted by Gasteiger charge is 2.47. The van der Waals surface area contributed by atoms with Gasteiger partial charge in [0, 0.05) is 12.8 Å². The number of aliphatic hydroxyl groups excluding tert-OH is 3. The van der Waals surface area contributed by atoms with Crippen molar-refractivity contribution in [2.75, 3.05) is 13.2 Å². The van der Waals surface area contributed by atoms with Gasteiger partial charge in [-0.3, -0.25) is 9.59 Å². The fraction of sp³-hybridized carbons (Fsp3) is 0.809. The first-order chi connectivity index (χ1) is 28.2. The number of aliphatic carboxylic acids is 1. The molecule has 1 aliphatic heterocycles. The number of esters is 2. The summed E-state index contributed by atoms with van der Waals surface area (Å²) in [6.45, 7) is 3.77. The molecule has 6 atom stereocenters. The van der Waals surface area contributed by atoms with Crippen LogP contribution < -0.4 is 0 Å². The number of hydrogen-bond acceptors (Lipinski definition) is 10. The average Bonchev–Trinajstić information content (AvgIpc) is 3.21. The van der Waals surface area contributed by atoms with Gasteiger partial charge < -0.3 is 39.4 Å². The highest BCUT2D eigenvalue weighted by molar-refractivity contribution is 5.73. The molecule has 1 aliphatic rings. The van der Waals surface area contributed by atoms with E-state index in [1.54, 1.807) is 0 Å². The van der Waals surface area contributed by atoms with Crippen molar-refractivity contribution in [3.63, 3.8) is 0 Å². The van der Waals surface area contributed by atoms with Gasteiger partial charge in [0.05, 0.1) is 6.61 Å². The molecule has 11 heteroatoms. The van der Waals surface area contributed by atoms with Crippen molar-refractivity contribution in [2.24, 2.45) is 0 Å². The van der Waals surface area contributed by atoms with Gasteiger partial charge in [-0.2, -0.15) is 0 Å². The Bertz CT molecular complexity index is 1110. The predicted octanol–water partition coefficient (Wildman–Crippen LogP) is 9.98. The monoisotopic (exact) mass is 823 g/mol. The molecule has 4 N–H and O–H groups in total. The van der Waals surface area contributed by atoms with Crippen molar-refractivity contribution in [1.82, 2.24) is 0 Å². The fourth-order valence-corrected chi connectivity index (χ4v) is 6.79. The summed E-state index contributed by atoms with van der Waals surface area (Å²) in [6, 6.07) is 0. The summed E-state index contributed by atoms with van der Waals surface area (Å²) in [4.78, 5) is 36.8. The van der Waals surface area contributed by atoms with Gasteiger partial charge in [-0.25, -0.2) is 4.79 Å². The Morgan fingerprint density at radius 3 is 1.47 bits per heavy atom. The Hall–Kier alpha value is -2.57. The van der Waals surface area contributed by atoms with Crippen LogP contribution in [0, 0.1) is 0 Å². The number of carboxylic acids is 1. The van der Waals surface area contributed by atoms with E-state index in [2.05, 4.69) is 50.3 Å². The normalized spacial score (nSPS) is 20.3. The van der Waals surface area contributed by atoms with E-state index in [-0.39, 0.29) is 19.4 Å². The minimum Gasteiger partial charge on any atom is -0.479 e. The van der Waals surface area contributed by atoms with Crippen molar-refractivity contribution in [1.29, 1.82) is 0 Å². The first kappa shape index (κ1) is 53.4. The third-order valence-corrected chi connectivity index (χ3v) is 10.5. The van der Waals surface area contributed by atoms with Crippen LogP contribution >= 0.6 is 0 Å². The zero-order chi connectivity index (χ0) is 42.5. The number of ether oxygens (including phenoxy) is 4. The van der Waals surface area contributed by atoms with Gasteiger partial charge in [0.2, 0.25) is 0 Å². The maximum atomic E-state index is 12.8. The molecule has 0 aromatic carbocycles. The molecule has 0 bridgehead atoms. The van der Waals surface area contributed by atoms with Crippen LogP contribution in [0.4, 0.5) is 0 Å². The Morgan fingerprint density at radius 2 is 0.966 bits per heavy atom. The smallest absolute Gasteiger partial charge is 0.335 e. The van der Waals surface area contributed by atoms with E-state index >= 15 is 0 Å². The van der Waals surface area contributed by atoms with Crippen molar-refractivity contribution >= 4 is 17.9 Å². The van der Waals surface area contributed by atoms with Gasteiger partial charge in [0.1, 0.15) is 24.9 Å². The average molecular weight is 823 g/mol. The van der Waals surface area contributed by atoms with Gasteiger partial charge in [-0.1, -0.05) is 147 Å². The minimum atomic E-state index is -1.86. The molecule has 0 spiro atoms. The number of carbonyl (C=O) groups excluding carboxylic acids is 2. The maximum absolute atomic E-state index is 12.8. The number of carboxylic acid groups (broad SMARTS) is 1. The second-order valence-corrected chi connectivity index (χ2v) is 15.9. The number of rotatable bonds is 38. The molecule has 0 aliphatic carbocycles. The minimum absolute atomic E-state index is 0.171. The Labute approximate surface area is 351 Å². The predicted molar refractivity (Wildman–Crippen MR) is 229 cm³/mol. The molecule has 1 rings (SSSR count). The van der Waals surface area contributed by atoms with Crippen molar-refractivity contribution in [3.05, 3.63) is 36.5 Å². The third kappa shape index (κ3) is 28.8. The fourth-order valence-electron chi connectivity index (χ4n) is 6.79. The summed E-state index contributed by atoms with van der Waals surface area (Å²) in [5.74, 6) is -2.46. The summed E-state index contributed by atoms with van der Waals surface area (Å²) in [7, 11) is 0. The van der Waals surface area contributed by atoms with Crippen LogP contribution in [0.1, 0.15) is 194 Å². The molecule has 336 valence electrons. The molecule has 11 nitrogen and oxygen atoms in total. The Balaban J connectivity index is 2.36. The second-order valence-electron chi connectivity index (χ2n) is 15.9. The van der Waals surface area contributed by atoms with Crippen LogP contribution in [0.2, 0.25) is 0 Å². The van der Waals surface area contributed by atoms with Gasteiger partial charge in [-0.15, -0.1) is 0 Å². The van der Waals surface area contributed by atoms with E-state index in [0.29, 0.717) is 12.8 Å². The molecule has 0 amide bonds. The lowest BCUT2D eigenvalue weighted by Crippen LogP contribution is -2.60. The van der Waals surface area contributed by atoms with Gasteiger partial charge >= 0.3 is 17.9 Å². The van der Waals surface area contributed by atoms with Crippen LogP contribution in [0.25, 0.3) is 0 Å². The van der Waals surface area contributed by atoms with E-state index in [4.69, 9.17) is 18.9 Å². The number of aliphatic hydroxyl groups is 3. The van der Waals surface area contributed by atoms with Crippen molar-refractivity contribution in [2.45, 2.75) is 230 Å². The molecule has 0 radical (unpaired) electrons. The van der Waals surface area contributed by atoms with E-state index < -0.39 is 61.3 Å². The first-order valence-electron chi connectivity index (χ1n) is 23.0. The van der Waals surface area contributed by atoms with Crippen LogP contribution in [0.3, 0.4) is 0 Å². The molecule has 58 heavy (non-hydrogen) atoms.